The van der Waals surface area contributed by atoms with Crippen LogP contribution in [-0.2, 0) is 11.0 Å². The van der Waals surface area contributed by atoms with Crippen molar-refractivity contribution in [1.29, 1.82) is 0 Å². The standard InChI is InChI=1S/C20H18F3N5O2/c21-20(22,23)12-3-4-15(17(8-12)30-11-29)18-16-10-24-7-5-14(16)19(28-27-18)26-9-13-2-1-6-25-13/h3-5,7-8,10-11,13,25H,1-2,6,9H2,(H,26,28)/t13-/m0/s1. The summed E-state index contributed by atoms with van der Waals surface area (Å²) >= 11 is 0. The summed E-state index contributed by atoms with van der Waals surface area (Å²) in [7, 11) is 0. The molecule has 2 aromatic heterocycles. The second-order valence-electron chi connectivity index (χ2n) is 6.92. The maximum Gasteiger partial charge on any atom is 0.416 e. The Balaban J connectivity index is 1.76. The van der Waals surface area contributed by atoms with Gasteiger partial charge >= 0.3 is 6.18 Å². The Morgan fingerprint density at radius 1 is 1.23 bits per heavy atom. The van der Waals surface area contributed by atoms with Gasteiger partial charge in [0.1, 0.15) is 11.4 Å². The minimum Gasteiger partial charge on any atom is -0.428 e. The van der Waals surface area contributed by atoms with Crippen LogP contribution in [0.5, 0.6) is 5.75 Å². The van der Waals surface area contributed by atoms with Gasteiger partial charge in [0.05, 0.1) is 5.56 Å². The van der Waals surface area contributed by atoms with Crippen molar-refractivity contribution >= 4 is 23.1 Å². The summed E-state index contributed by atoms with van der Waals surface area (Å²) in [6.07, 6.45) is 0.769. The summed E-state index contributed by atoms with van der Waals surface area (Å²) in [4.78, 5) is 15.0. The van der Waals surface area contributed by atoms with Crippen LogP contribution in [0.3, 0.4) is 0 Å². The highest BCUT2D eigenvalue weighted by Crippen LogP contribution is 2.39. The van der Waals surface area contributed by atoms with Gasteiger partial charge in [0.15, 0.2) is 5.82 Å². The van der Waals surface area contributed by atoms with Gasteiger partial charge in [-0.1, -0.05) is 0 Å². The van der Waals surface area contributed by atoms with E-state index < -0.39 is 11.7 Å². The van der Waals surface area contributed by atoms with Crippen molar-refractivity contribution in [3.8, 4) is 17.0 Å². The average molecular weight is 417 g/mol. The van der Waals surface area contributed by atoms with E-state index in [0.29, 0.717) is 29.2 Å². The van der Waals surface area contributed by atoms with E-state index in [1.165, 1.54) is 6.07 Å². The number of carbonyl (C=O) groups excluding carboxylic acids is 1. The number of halogens is 3. The Labute approximate surface area is 169 Å². The number of fused-ring (bicyclic) bond motifs is 1. The molecule has 7 nitrogen and oxygen atoms in total. The molecule has 1 fully saturated rings. The third-order valence-corrected chi connectivity index (χ3v) is 5.00. The van der Waals surface area contributed by atoms with Crippen LogP contribution in [0, 0.1) is 0 Å². The van der Waals surface area contributed by atoms with Gasteiger partial charge in [0, 0.05) is 41.3 Å². The van der Waals surface area contributed by atoms with E-state index in [1.807, 2.05) is 0 Å². The van der Waals surface area contributed by atoms with Gasteiger partial charge in [-0.25, -0.2) is 0 Å². The number of rotatable bonds is 6. The topological polar surface area (TPSA) is 89.0 Å². The first-order valence-corrected chi connectivity index (χ1v) is 9.37. The molecule has 1 aromatic carbocycles. The fourth-order valence-corrected chi connectivity index (χ4v) is 3.52. The summed E-state index contributed by atoms with van der Waals surface area (Å²) in [5.74, 6) is 0.296. The zero-order valence-corrected chi connectivity index (χ0v) is 15.7. The highest BCUT2D eigenvalue weighted by molar-refractivity contribution is 6.00. The van der Waals surface area contributed by atoms with Crippen molar-refractivity contribution in [3.05, 3.63) is 42.2 Å². The van der Waals surface area contributed by atoms with Crippen LogP contribution in [0.25, 0.3) is 22.0 Å². The Morgan fingerprint density at radius 3 is 2.83 bits per heavy atom. The molecule has 10 heteroatoms. The first-order valence-electron chi connectivity index (χ1n) is 9.37. The molecular weight excluding hydrogens is 399 g/mol. The first-order chi connectivity index (χ1) is 14.5. The number of hydrogen-bond donors (Lipinski definition) is 2. The summed E-state index contributed by atoms with van der Waals surface area (Å²) in [6, 6.07) is 4.99. The minimum atomic E-state index is -4.57. The number of anilines is 1. The van der Waals surface area contributed by atoms with Gasteiger partial charge in [0.25, 0.3) is 6.47 Å². The molecule has 0 bridgehead atoms. The fraction of sp³-hybridized carbons (Fsp3) is 0.300. The van der Waals surface area contributed by atoms with E-state index in [9.17, 15) is 18.0 Å². The van der Waals surface area contributed by atoms with Crippen LogP contribution in [0.1, 0.15) is 18.4 Å². The van der Waals surface area contributed by atoms with Crippen LogP contribution in [0.2, 0.25) is 0 Å². The van der Waals surface area contributed by atoms with Crippen LogP contribution >= 0.6 is 0 Å². The van der Waals surface area contributed by atoms with E-state index in [2.05, 4.69) is 25.8 Å². The number of nitrogens with zero attached hydrogens (tertiary/aromatic N) is 3. The predicted octanol–water partition coefficient (Wildman–Crippen LogP) is 3.41. The SMILES string of the molecule is O=COc1cc(C(F)(F)F)ccc1-c1nnc(NC[C@@H]2CCCN2)c2ccncc12. The lowest BCUT2D eigenvalue weighted by molar-refractivity contribution is -0.138. The Morgan fingerprint density at radius 2 is 2.10 bits per heavy atom. The molecule has 4 rings (SSSR count). The second kappa shape index (κ2) is 8.23. The second-order valence-corrected chi connectivity index (χ2v) is 6.92. The summed E-state index contributed by atoms with van der Waals surface area (Å²) in [6.45, 7) is 1.73. The van der Waals surface area contributed by atoms with Crippen molar-refractivity contribution in [1.82, 2.24) is 20.5 Å². The largest absolute Gasteiger partial charge is 0.428 e. The number of aromatic nitrogens is 3. The Hall–Kier alpha value is -3.27. The molecule has 0 amide bonds. The first kappa shape index (κ1) is 20.0. The van der Waals surface area contributed by atoms with Crippen LogP contribution in [0.4, 0.5) is 19.0 Å². The van der Waals surface area contributed by atoms with Gasteiger partial charge in [-0.05, 0) is 43.7 Å². The lowest BCUT2D eigenvalue weighted by atomic mass is 10.0. The number of alkyl halides is 3. The molecule has 0 spiro atoms. The zero-order chi connectivity index (χ0) is 21.1. The van der Waals surface area contributed by atoms with Crippen molar-refractivity contribution in [2.24, 2.45) is 0 Å². The molecular formula is C20H18F3N5O2. The number of carbonyl (C=O) groups is 1. The molecule has 0 aliphatic carbocycles. The molecule has 1 aliphatic rings. The molecule has 3 heterocycles. The van der Waals surface area contributed by atoms with E-state index in [1.54, 1.807) is 18.5 Å². The third-order valence-electron chi connectivity index (χ3n) is 5.00. The van der Waals surface area contributed by atoms with Crippen molar-refractivity contribution in [3.63, 3.8) is 0 Å². The number of nitrogens with one attached hydrogen (secondary N) is 2. The number of pyridine rings is 1. The van der Waals surface area contributed by atoms with Gasteiger partial charge in [-0.3, -0.25) is 9.78 Å². The maximum absolute atomic E-state index is 13.1. The highest BCUT2D eigenvalue weighted by atomic mass is 19.4. The van der Waals surface area contributed by atoms with Gasteiger partial charge < -0.3 is 15.4 Å². The molecule has 0 radical (unpaired) electrons. The maximum atomic E-state index is 13.1. The zero-order valence-electron chi connectivity index (χ0n) is 15.7. The lowest BCUT2D eigenvalue weighted by Crippen LogP contribution is -2.29. The molecule has 156 valence electrons. The molecule has 30 heavy (non-hydrogen) atoms. The Bertz CT molecular complexity index is 1070. The minimum absolute atomic E-state index is 0.0807. The Kier molecular flexibility index (Phi) is 5.49. The number of benzene rings is 1. The van der Waals surface area contributed by atoms with Crippen LogP contribution in [-0.4, -0.2) is 40.8 Å². The molecule has 0 saturated carbocycles. The molecule has 1 aliphatic heterocycles. The van der Waals surface area contributed by atoms with E-state index in [0.717, 1.165) is 31.5 Å². The van der Waals surface area contributed by atoms with Crippen molar-refractivity contribution < 1.29 is 22.7 Å². The predicted molar refractivity (Wildman–Crippen MR) is 104 cm³/mol. The van der Waals surface area contributed by atoms with Gasteiger partial charge in [-0.2, -0.15) is 13.2 Å². The molecule has 1 saturated heterocycles. The third kappa shape index (κ3) is 4.04. The van der Waals surface area contributed by atoms with Crippen molar-refractivity contribution in [2.45, 2.75) is 25.1 Å². The lowest BCUT2D eigenvalue weighted by Gasteiger charge is -2.15. The molecule has 3 aromatic rings. The summed E-state index contributed by atoms with van der Waals surface area (Å²) < 4.78 is 44.0. The monoisotopic (exact) mass is 417 g/mol. The molecule has 2 N–H and O–H groups in total. The number of hydrogen-bond acceptors (Lipinski definition) is 7. The van der Waals surface area contributed by atoms with E-state index >= 15 is 0 Å². The van der Waals surface area contributed by atoms with Gasteiger partial charge in [0.2, 0.25) is 0 Å². The van der Waals surface area contributed by atoms with E-state index in [-0.39, 0.29) is 23.5 Å². The quantitative estimate of drug-likeness (QED) is 0.594. The van der Waals surface area contributed by atoms with Crippen molar-refractivity contribution in [2.75, 3.05) is 18.4 Å². The van der Waals surface area contributed by atoms with Gasteiger partial charge in [-0.15, -0.1) is 10.2 Å². The van der Waals surface area contributed by atoms with Crippen LogP contribution < -0.4 is 15.4 Å². The summed E-state index contributed by atoms with van der Waals surface area (Å²) in [5, 5.41) is 16.4. The highest BCUT2D eigenvalue weighted by Gasteiger charge is 2.32. The van der Waals surface area contributed by atoms with E-state index in [4.69, 9.17) is 4.74 Å². The fourth-order valence-electron chi connectivity index (χ4n) is 3.52. The summed E-state index contributed by atoms with van der Waals surface area (Å²) in [5.41, 5.74) is -0.446. The molecule has 0 unspecified atom stereocenters. The smallest absolute Gasteiger partial charge is 0.416 e. The number of ether oxygens (including phenoxy) is 1. The normalized spacial score (nSPS) is 16.6. The average Bonchev–Trinajstić information content (AvgIpc) is 3.25. The molecule has 1 atom stereocenters. The van der Waals surface area contributed by atoms with Crippen LogP contribution in [0.15, 0.2) is 36.7 Å².